The Hall–Kier alpha value is -0.780. The summed E-state index contributed by atoms with van der Waals surface area (Å²) in [5.41, 5.74) is 3.72. The van der Waals surface area contributed by atoms with Crippen molar-refractivity contribution < 1.29 is 0 Å². The third-order valence-electron chi connectivity index (χ3n) is 5.18. The highest BCUT2D eigenvalue weighted by atomic mass is 14.7. The van der Waals surface area contributed by atoms with Crippen LogP contribution in [0.3, 0.4) is 0 Å². The molecule has 2 atom stereocenters. The Kier molecular flexibility index (Phi) is 2.88. The van der Waals surface area contributed by atoms with E-state index in [0.29, 0.717) is 10.8 Å². The van der Waals surface area contributed by atoms with Gasteiger partial charge in [0.1, 0.15) is 0 Å². The summed E-state index contributed by atoms with van der Waals surface area (Å²) < 4.78 is 0. The van der Waals surface area contributed by atoms with Crippen molar-refractivity contribution in [3.8, 4) is 0 Å². The highest BCUT2D eigenvalue weighted by Gasteiger charge is 2.67. The van der Waals surface area contributed by atoms with Gasteiger partial charge >= 0.3 is 0 Å². The van der Waals surface area contributed by atoms with Crippen LogP contribution in [0, 0.1) is 24.2 Å². The van der Waals surface area contributed by atoms with Crippen molar-refractivity contribution in [3.63, 3.8) is 0 Å². The Morgan fingerprint density at radius 3 is 2.06 bits per heavy atom. The van der Waals surface area contributed by atoms with Crippen LogP contribution in [0.5, 0.6) is 0 Å². The second-order valence-electron chi connectivity index (χ2n) is 6.97. The molecule has 1 aliphatic rings. The molecule has 0 saturated heterocycles. The molecule has 0 bridgehead atoms. The molecule has 17 heavy (non-hydrogen) atoms. The molecule has 1 aromatic carbocycles. The van der Waals surface area contributed by atoms with E-state index in [0.717, 1.165) is 11.8 Å². The molecule has 2 unspecified atom stereocenters. The van der Waals surface area contributed by atoms with Crippen LogP contribution in [0.1, 0.15) is 52.2 Å². The van der Waals surface area contributed by atoms with E-state index in [2.05, 4.69) is 65.8 Å². The first-order chi connectivity index (χ1) is 7.80. The molecular weight excluding hydrogens is 204 g/mol. The van der Waals surface area contributed by atoms with Gasteiger partial charge in [0, 0.05) is 5.41 Å². The number of benzene rings is 1. The molecule has 94 valence electrons. The Bertz CT molecular complexity index is 397. The third-order valence-corrected chi connectivity index (χ3v) is 5.18. The van der Waals surface area contributed by atoms with Crippen molar-refractivity contribution in [2.75, 3.05) is 0 Å². The quantitative estimate of drug-likeness (QED) is 0.689. The number of aryl methyl sites for hydroxylation is 1. The minimum absolute atomic E-state index is 0.380. The summed E-state index contributed by atoms with van der Waals surface area (Å²) in [6.45, 7) is 14.1. The first kappa shape index (κ1) is 12.7. The van der Waals surface area contributed by atoms with E-state index in [1.165, 1.54) is 17.5 Å². The topological polar surface area (TPSA) is 0 Å². The lowest BCUT2D eigenvalue weighted by atomic mass is 9.88. The van der Waals surface area contributed by atoms with Crippen molar-refractivity contribution in [3.05, 3.63) is 35.4 Å². The molecule has 0 aromatic heterocycles. The van der Waals surface area contributed by atoms with E-state index < -0.39 is 0 Å². The summed E-state index contributed by atoms with van der Waals surface area (Å²) in [6, 6.07) is 9.16. The van der Waals surface area contributed by atoms with E-state index in [1.54, 1.807) is 0 Å². The molecular formula is C17H26. The van der Waals surface area contributed by atoms with Crippen LogP contribution in [0.2, 0.25) is 0 Å². The Labute approximate surface area is 106 Å². The lowest BCUT2D eigenvalue weighted by molar-refractivity contribution is 0.462. The van der Waals surface area contributed by atoms with E-state index in [1.807, 2.05) is 0 Å². The van der Waals surface area contributed by atoms with Crippen LogP contribution in [0.25, 0.3) is 0 Å². The Balaban J connectivity index is 2.28. The molecule has 0 aliphatic heterocycles. The van der Waals surface area contributed by atoms with Gasteiger partial charge in [-0.1, -0.05) is 64.4 Å². The van der Waals surface area contributed by atoms with E-state index in [4.69, 9.17) is 0 Å². The molecule has 0 radical (unpaired) electrons. The molecule has 0 heterocycles. The average Bonchev–Trinajstić information content (AvgIpc) is 2.65. The number of rotatable bonds is 3. The predicted molar refractivity (Wildman–Crippen MR) is 75.3 cm³/mol. The minimum Gasteiger partial charge on any atom is -0.0628 e. The van der Waals surface area contributed by atoms with Crippen molar-refractivity contribution in [2.45, 2.75) is 53.4 Å². The van der Waals surface area contributed by atoms with Crippen LogP contribution < -0.4 is 0 Å². The van der Waals surface area contributed by atoms with Crippen molar-refractivity contribution >= 4 is 0 Å². The van der Waals surface area contributed by atoms with Gasteiger partial charge in [0.25, 0.3) is 0 Å². The highest BCUT2D eigenvalue weighted by Crippen LogP contribution is 2.71. The van der Waals surface area contributed by atoms with E-state index in [9.17, 15) is 0 Å². The second kappa shape index (κ2) is 3.86. The fraction of sp³-hybridized carbons (Fsp3) is 0.647. The summed E-state index contributed by atoms with van der Waals surface area (Å²) >= 11 is 0. The maximum atomic E-state index is 2.45. The fourth-order valence-corrected chi connectivity index (χ4v) is 3.58. The fourth-order valence-electron chi connectivity index (χ4n) is 3.58. The summed E-state index contributed by atoms with van der Waals surface area (Å²) in [5, 5.41) is 0. The van der Waals surface area contributed by atoms with Crippen LogP contribution in [0.4, 0.5) is 0 Å². The molecule has 1 aromatic rings. The number of hydrogen-bond acceptors (Lipinski definition) is 0. The molecule has 2 rings (SSSR count). The largest absolute Gasteiger partial charge is 0.0628 e. The molecule has 0 spiro atoms. The maximum absolute atomic E-state index is 2.45. The van der Waals surface area contributed by atoms with Crippen molar-refractivity contribution in [1.82, 2.24) is 0 Å². The first-order valence-electron chi connectivity index (χ1n) is 6.87. The number of hydrogen-bond donors (Lipinski definition) is 0. The zero-order valence-electron chi connectivity index (χ0n) is 12.2. The molecule has 1 saturated carbocycles. The van der Waals surface area contributed by atoms with E-state index >= 15 is 0 Å². The molecule has 0 heteroatoms. The maximum Gasteiger partial charge on any atom is 0.00125 e. The Morgan fingerprint density at radius 1 is 1.06 bits per heavy atom. The van der Waals surface area contributed by atoms with Gasteiger partial charge in [0.15, 0.2) is 0 Å². The highest BCUT2D eigenvalue weighted by molar-refractivity contribution is 5.40. The lowest BCUT2D eigenvalue weighted by Crippen LogP contribution is -2.09. The van der Waals surface area contributed by atoms with Gasteiger partial charge in [-0.15, -0.1) is 0 Å². The van der Waals surface area contributed by atoms with Crippen LogP contribution >= 0.6 is 0 Å². The van der Waals surface area contributed by atoms with Gasteiger partial charge < -0.3 is 0 Å². The Morgan fingerprint density at radius 2 is 1.59 bits per heavy atom. The third kappa shape index (κ3) is 1.82. The SMILES string of the molecule is Cc1ccc(C2(C)C(CC(C)C)C2(C)C)cc1. The monoisotopic (exact) mass is 230 g/mol. The first-order valence-corrected chi connectivity index (χ1v) is 6.87. The molecule has 1 aliphatic carbocycles. The molecule has 1 fully saturated rings. The van der Waals surface area contributed by atoms with Gasteiger partial charge in [0.05, 0.1) is 0 Å². The smallest absolute Gasteiger partial charge is 0.00125 e. The predicted octanol–water partition coefficient (Wildman–Crippen LogP) is 4.95. The summed E-state index contributed by atoms with van der Waals surface area (Å²) in [4.78, 5) is 0. The van der Waals surface area contributed by atoms with Crippen LogP contribution in [0.15, 0.2) is 24.3 Å². The normalized spacial score (nSPS) is 30.6. The van der Waals surface area contributed by atoms with Gasteiger partial charge in [-0.25, -0.2) is 0 Å². The molecule has 0 N–H and O–H groups in total. The summed E-state index contributed by atoms with van der Waals surface area (Å²) in [5.74, 6) is 1.63. The van der Waals surface area contributed by atoms with Crippen molar-refractivity contribution in [2.24, 2.45) is 17.3 Å². The molecule has 0 nitrogen and oxygen atoms in total. The summed E-state index contributed by atoms with van der Waals surface area (Å²) in [6.07, 6.45) is 1.34. The van der Waals surface area contributed by atoms with E-state index in [-0.39, 0.29) is 0 Å². The second-order valence-corrected chi connectivity index (χ2v) is 6.97. The zero-order chi connectivity index (χ0) is 12.8. The minimum atomic E-state index is 0.380. The van der Waals surface area contributed by atoms with Gasteiger partial charge in [-0.05, 0) is 36.2 Å². The van der Waals surface area contributed by atoms with Gasteiger partial charge in [0.2, 0.25) is 0 Å². The standard InChI is InChI=1S/C17H26/c1-12(2)11-15-16(4,5)17(15,6)14-9-7-13(3)8-10-14/h7-10,12,15H,11H2,1-6H3. The van der Waals surface area contributed by atoms with Crippen LogP contribution in [-0.4, -0.2) is 0 Å². The summed E-state index contributed by atoms with van der Waals surface area (Å²) in [7, 11) is 0. The zero-order valence-corrected chi connectivity index (χ0v) is 12.2. The molecule has 0 amide bonds. The lowest BCUT2D eigenvalue weighted by Gasteiger charge is -2.16. The average molecular weight is 230 g/mol. The van der Waals surface area contributed by atoms with Gasteiger partial charge in [-0.2, -0.15) is 0 Å². The van der Waals surface area contributed by atoms with Gasteiger partial charge in [-0.3, -0.25) is 0 Å². The van der Waals surface area contributed by atoms with Crippen molar-refractivity contribution in [1.29, 1.82) is 0 Å². The van der Waals surface area contributed by atoms with Crippen LogP contribution in [-0.2, 0) is 5.41 Å².